The lowest BCUT2D eigenvalue weighted by atomic mass is 9.67. The molecule has 3 atom stereocenters. The summed E-state index contributed by atoms with van der Waals surface area (Å²) in [4.78, 5) is 13.1. The van der Waals surface area contributed by atoms with Gasteiger partial charge in [0.15, 0.2) is 11.6 Å². The van der Waals surface area contributed by atoms with Gasteiger partial charge >= 0.3 is 0 Å². The summed E-state index contributed by atoms with van der Waals surface area (Å²) in [6, 6.07) is 4.78. The summed E-state index contributed by atoms with van der Waals surface area (Å²) in [7, 11) is 0. The van der Waals surface area contributed by atoms with Crippen LogP contribution in [0.3, 0.4) is 0 Å². The van der Waals surface area contributed by atoms with Crippen molar-refractivity contribution in [3.8, 4) is 5.75 Å². The molecule has 0 bridgehead atoms. The number of ether oxygens (including phenoxy) is 1. The van der Waals surface area contributed by atoms with E-state index in [0.29, 0.717) is 24.7 Å². The van der Waals surface area contributed by atoms with Gasteiger partial charge in [-0.3, -0.25) is 4.79 Å². The van der Waals surface area contributed by atoms with Crippen molar-refractivity contribution in [1.82, 2.24) is 10.6 Å². The molecule has 2 fully saturated rings. The van der Waals surface area contributed by atoms with Crippen molar-refractivity contribution in [3.05, 3.63) is 29.6 Å². The zero-order valence-electron chi connectivity index (χ0n) is 13.2. The molecule has 2 N–H and O–H groups in total. The third-order valence-corrected chi connectivity index (χ3v) is 5.82. The van der Waals surface area contributed by atoms with Crippen molar-refractivity contribution in [2.24, 2.45) is 11.3 Å². The lowest BCUT2D eigenvalue weighted by Crippen LogP contribution is -2.49. The van der Waals surface area contributed by atoms with Crippen molar-refractivity contribution >= 4 is 5.91 Å². The van der Waals surface area contributed by atoms with Gasteiger partial charge in [-0.25, -0.2) is 4.39 Å². The Morgan fingerprint density at radius 1 is 1.35 bits per heavy atom. The fraction of sp³-hybridized carbons (Fsp3) is 0.611. The minimum Gasteiger partial charge on any atom is -0.490 e. The average molecular weight is 318 g/mol. The Labute approximate surface area is 135 Å². The smallest absolute Gasteiger partial charge is 0.228 e. The number of para-hydroxylation sites is 1. The molecule has 0 spiro atoms. The molecule has 23 heavy (non-hydrogen) atoms. The van der Waals surface area contributed by atoms with E-state index in [1.807, 2.05) is 6.07 Å². The van der Waals surface area contributed by atoms with E-state index in [1.54, 1.807) is 6.07 Å². The van der Waals surface area contributed by atoms with Crippen molar-refractivity contribution < 1.29 is 13.9 Å². The number of hydrogen-bond donors (Lipinski definition) is 2. The second kappa shape index (κ2) is 5.78. The van der Waals surface area contributed by atoms with Gasteiger partial charge in [0.25, 0.3) is 0 Å². The summed E-state index contributed by atoms with van der Waals surface area (Å²) in [6.07, 6.45) is 5.10. The molecule has 0 radical (unpaired) electrons. The summed E-state index contributed by atoms with van der Waals surface area (Å²) >= 11 is 0. The van der Waals surface area contributed by atoms with Gasteiger partial charge in [-0.15, -0.1) is 0 Å². The van der Waals surface area contributed by atoms with Crippen LogP contribution in [-0.2, 0) is 4.79 Å². The molecule has 0 aromatic heterocycles. The van der Waals surface area contributed by atoms with Crippen molar-refractivity contribution in [2.75, 3.05) is 19.7 Å². The number of carbonyl (C=O) groups excluding carboxylic acids is 1. The van der Waals surface area contributed by atoms with Crippen LogP contribution < -0.4 is 15.4 Å². The number of fused-ring (bicyclic) bond motifs is 2. The zero-order valence-corrected chi connectivity index (χ0v) is 13.2. The molecule has 1 saturated carbocycles. The number of halogens is 1. The quantitative estimate of drug-likeness (QED) is 0.881. The van der Waals surface area contributed by atoms with Gasteiger partial charge in [-0.1, -0.05) is 25.0 Å². The van der Waals surface area contributed by atoms with Crippen LogP contribution in [0.2, 0.25) is 0 Å². The second-order valence-corrected chi connectivity index (χ2v) is 7.05. The predicted molar refractivity (Wildman–Crippen MR) is 84.7 cm³/mol. The summed E-state index contributed by atoms with van der Waals surface area (Å²) < 4.78 is 19.4. The molecule has 4 nitrogen and oxygen atoms in total. The maximum absolute atomic E-state index is 13.9. The lowest BCUT2D eigenvalue weighted by molar-refractivity contribution is -0.135. The Morgan fingerprint density at radius 2 is 2.26 bits per heavy atom. The van der Waals surface area contributed by atoms with Gasteiger partial charge < -0.3 is 15.4 Å². The molecule has 1 aromatic carbocycles. The number of rotatable bonds is 2. The molecule has 5 heteroatoms. The van der Waals surface area contributed by atoms with Gasteiger partial charge in [0.2, 0.25) is 5.91 Å². The highest BCUT2D eigenvalue weighted by molar-refractivity contribution is 5.84. The van der Waals surface area contributed by atoms with Crippen molar-refractivity contribution in [2.45, 2.75) is 38.1 Å². The number of carbonyl (C=O) groups is 1. The second-order valence-electron chi connectivity index (χ2n) is 7.05. The average Bonchev–Trinajstić information content (AvgIpc) is 3.01. The van der Waals surface area contributed by atoms with Crippen molar-refractivity contribution in [1.29, 1.82) is 0 Å². The molecule has 1 aliphatic carbocycles. The van der Waals surface area contributed by atoms with Crippen LogP contribution >= 0.6 is 0 Å². The number of amides is 1. The third kappa shape index (κ3) is 2.42. The largest absolute Gasteiger partial charge is 0.490 e. The first-order valence-electron chi connectivity index (χ1n) is 8.63. The highest BCUT2D eigenvalue weighted by Gasteiger charge is 2.50. The molecule has 3 aliphatic rings. The zero-order chi connectivity index (χ0) is 15.9. The molecule has 2 aliphatic heterocycles. The van der Waals surface area contributed by atoms with E-state index < -0.39 is 0 Å². The van der Waals surface area contributed by atoms with E-state index in [9.17, 15) is 9.18 Å². The minimum absolute atomic E-state index is 0.134. The van der Waals surface area contributed by atoms with Crippen molar-refractivity contribution in [3.63, 3.8) is 0 Å². The molecular formula is C18H23FN2O2. The van der Waals surface area contributed by atoms with Gasteiger partial charge in [0.05, 0.1) is 18.1 Å². The summed E-state index contributed by atoms with van der Waals surface area (Å²) in [6.45, 7) is 2.14. The predicted octanol–water partition coefficient (Wildman–Crippen LogP) is 2.55. The first kappa shape index (κ1) is 14.9. The number of benzene rings is 1. The SMILES string of the molecule is O=C(N[C@@H]1CCOc2c(F)cccc21)[C@@]12CCCC[C@H]1CNC2. The summed E-state index contributed by atoms with van der Waals surface area (Å²) in [5.41, 5.74) is 0.489. The fourth-order valence-corrected chi connectivity index (χ4v) is 4.53. The van der Waals surface area contributed by atoms with Crippen LogP contribution in [-0.4, -0.2) is 25.6 Å². The first-order valence-corrected chi connectivity index (χ1v) is 8.63. The van der Waals surface area contributed by atoms with Gasteiger partial charge in [-0.05, 0) is 31.4 Å². The molecule has 1 aromatic rings. The van der Waals surface area contributed by atoms with Crippen LogP contribution in [0.4, 0.5) is 4.39 Å². The maximum Gasteiger partial charge on any atom is 0.228 e. The van der Waals surface area contributed by atoms with E-state index in [2.05, 4.69) is 10.6 Å². The Hall–Kier alpha value is -1.62. The highest BCUT2D eigenvalue weighted by Crippen LogP contribution is 2.45. The Balaban J connectivity index is 1.57. The van der Waals surface area contributed by atoms with E-state index >= 15 is 0 Å². The highest BCUT2D eigenvalue weighted by atomic mass is 19.1. The van der Waals surface area contributed by atoms with Crippen LogP contribution in [0, 0.1) is 17.2 Å². The third-order valence-electron chi connectivity index (χ3n) is 5.82. The molecule has 0 unspecified atom stereocenters. The van der Waals surface area contributed by atoms with Gasteiger partial charge in [0.1, 0.15) is 0 Å². The van der Waals surface area contributed by atoms with Crippen LogP contribution in [0.1, 0.15) is 43.7 Å². The Kier molecular flexibility index (Phi) is 3.76. The fourth-order valence-electron chi connectivity index (χ4n) is 4.53. The molecule has 4 rings (SSSR count). The van der Waals surface area contributed by atoms with E-state index in [4.69, 9.17) is 4.74 Å². The Bertz CT molecular complexity index is 621. The monoisotopic (exact) mass is 318 g/mol. The van der Waals surface area contributed by atoms with Crippen LogP contribution in [0.5, 0.6) is 5.75 Å². The van der Waals surface area contributed by atoms with Gasteiger partial charge in [-0.2, -0.15) is 0 Å². The topological polar surface area (TPSA) is 50.4 Å². The van der Waals surface area contributed by atoms with Gasteiger partial charge in [0, 0.05) is 18.5 Å². The number of hydrogen-bond acceptors (Lipinski definition) is 3. The summed E-state index contributed by atoms with van der Waals surface area (Å²) in [5, 5.41) is 6.61. The normalized spacial score (nSPS) is 32.6. The van der Waals surface area contributed by atoms with Crippen LogP contribution in [0.15, 0.2) is 18.2 Å². The van der Waals surface area contributed by atoms with Crippen LogP contribution in [0.25, 0.3) is 0 Å². The van der Waals surface area contributed by atoms with E-state index in [1.165, 1.54) is 12.5 Å². The summed E-state index contributed by atoms with van der Waals surface area (Å²) in [5.74, 6) is 0.515. The maximum atomic E-state index is 13.9. The molecule has 2 heterocycles. The standard InChI is InChI=1S/C18H23FN2O2/c19-14-6-3-5-13-15(7-9-23-16(13)14)21-17(22)18-8-2-1-4-12(18)10-20-11-18/h3,5-6,12,15,20H,1-2,4,7-11H2,(H,21,22)/t12-,15+,18+/m0/s1. The minimum atomic E-state index is -0.349. The van der Waals surface area contributed by atoms with E-state index in [-0.39, 0.29) is 23.2 Å². The molecule has 124 valence electrons. The molecule has 1 amide bonds. The number of nitrogens with one attached hydrogen (secondary N) is 2. The van der Waals surface area contributed by atoms with E-state index in [0.717, 1.165) is 37.9 Å². The first-order chi connectivity index (χ1) is 11.2. The molecular weight excluding hydrogens is 295 g/mol. The molecule has 1 saturated heterocycles. The lowest BCUT2D eigenvalue weighted by Gasteiger charge is -2.39. The Morgan fingerprint density at radius 3 is 3.17 bits per heavy atom.